The smallest absolute Gasteiger partial charge is 0.234 e. The zero-order chi connectivity index (χ0) is 19.7. The largest absolute Gasteiger partial charge is 0.507 e. The Bertz CT molecular complexity index is 1080. The molecule has 1 unspecified atom stereocenters. The Morgan fingerprint density at radius 1 is 0.714 bits per heavy atom. The second-order valence-electron chi connectivity index (χ2n) is 7.11. The molecule has 0 fully saturated rings. The fourth-order valence-corrected chi connectivity index (χ4v) is 3.72. The van der Waals surface area contributed by atoms with E-state index in [1.807, 2.05) is 61.5 Å². The van der Waals surface area contributed by atoms with Crippen molar-refractivity contribution in [2.75, 3.05) is 0 Å². The van der Waals surface area contributed by atoms with Crippen molar-refractivity contribution in [3.8, 4) is 0 Å². The quantitative estimate of drug-likeness (QED) is 0.640. The van der Waals surface area contributed by atoms with Crippen LogP contribution in [0, 0.1) is 6.92 Å². The van der Waals surface area contributed by atoms with Crippen LogP contribution in [0.3, 0.4) is 0 Å². The molecule has 3 aromatic carbocycles. The van der Waals surface area contributed by atoms with E-state index in [4.69, 9.17) is 0 Å². The van der Waals surface area contributed by atoms with Crippen LogP contribution in [-0.4, -0.2) is 16.7 Å². The van der Waals surface area contributed by atoms with Gasteiger partial charge in [-0.25, -0.2) is 0 Å². The number of aliphatic hydroxyl groups is 1. The van der Waals surface area contributed by atoms with E-state index in [0.717, 1.165) is 16.7 Å². The van der Waals surface area contributed by atoms with Gasteiger partial charge in [0.25, 0.3) is 0 Å². The normalized spacial score (nSPS) is 14.8. The van der Waals surface area contributed by atoms with Crippen LogP contribution in [0.15, 0.2) is 84.4 Å². The zero-order valence-corrected chi connectivity index (χ0v) is 15.6. The van der Waals surface area contributed by atoms with Crippen molar-refractivity contribution in [1.29, 1.82) is 0 Å². The molecule has 1 aliphatic carbocycles. The Labute approximate surface area is 164 Å². The number of allylic oxidation sites excluding steroid dienone is 1. The molecule has 3 aromatic rings. The molecule has 1 atom stereocenters. The third-order valence-electron chi connectivity index (χ3n) is 5.28. The Morgan fingerprint density at radius 2 is 1.29 bits per heavy atom. The Morgan fingerprint density at radius 3 is 1.96 bits per heavy atom. The van der Waals surface area contributed by atoms with E-state index in [2.05, 4.69) is 0 Å². The molecule has 0 bridgehead atoms. The number of aliphatic hydroxyl groups excluding tert-OH is 1. The zero-order valence-electron chi connectivity index (χ0n) is 15.6. The second kappa shape index (κ2) is 7.28. The summed E-state index contributed by atoms with van der Waals surface area (Å²) in [6.45, 7) is 2.02. The molecule has 0 spiro atoms. The summed E-state index contributed by atoms with van der Waals surface area (Å²) in [4.78, 5) is 25.4. The monoisotopic (exact) mass is 368 g/mol. The van der Waals surface area contributed by atoms with Crippen molar-refractivity contribution in [1.82, 2.24) is 0 Å². The van der Waals surface area contributed by atoms with Crippen molar-refractivity contribution in [3.05, 3.63) is 112 Å². The molecule has 0 saturated heterocycles. The summed E-state index contributed by atoms with van der Waals surface area (Å²) in [7, 11) is 0. The molecule has 3 nitrogen and oxygen atoms in total. The highest BCUT2D eigenvalue weighted by atomic mass is 16.3. The van der Waals surface area contributed by atoms with Crippen LogP contribution in [0.1, 0.15) is 45.0 Å². The maximum atomic E-state index is 12.8. The first-order chi connectivity index (χ1) is 13.6. The van der Waals surface area contributed by atoms with E-state index >= 15 is 0 Å². The third kappa shape index (κ3) is 3.16. The fourth-order valence-electron chi connectivity index (χ4n) is 3.72. The Balaban J connectivity index is 1.82. The van der Waals surface area contributed by atoms with Crippen molar-refractivity contribution >= 4 is 17.3 Å². The maximum absolute atomic E-state index is 12.8. The topological polar surface area (TPSA) is 54.4 Å². The molecular formula is C25H20O3. The first-order valence-corrected chi connectivity index (χ1v) is 9.28. The van der Waals surface area contributed by atoms with Crippen molar-refractivity contribution in [3.63, 3.8) is 0 Å². The van der Waals surface area contributed by atoms with Crippen LogP contribution in [0.2, 0.25) is 0 Å². The summed E-state index contributed by atoms with van der Waals surface area (Å²) in [6, 6.07) is 24.7. The minimum absolute atomic E-state index is 0.0896. The number of aryl methyl sites for hydroxylation is 1. The molecular weight excluding hydrogens is 348 g/mol. The van der Waals surface area contributed by atoms with Gasteiger partial charge in [0, 0.05) is 22.6 Å². The van der Waals surface area contributed by atoms with Crippen molar-refractivity contribution in [2.24, 2.45) is 0 Å². The number of ketones is 2. The number of rotatable bonds is 4. The molecule has 4 rings (SSSR count). The second-order valence-corrected chi connectivity index (χ2v) is 7.11. The summed E-state index contributed by atoms with van der Waals surface area (Å²) < 4.78 is 0. The molecule has 28 heavy (non-hydrogen) atoms. The Hall–Kier alpha value is -3.46. The van der Waals surface area contributed by atoms with Gasteiger partial charge in [0.05, 0.1) is 0 Å². The molecule has 1 N–H and O–H groups in total. The average Bonchev–Trinajstić information content (AvgIpc) is 2.74. The lowest BCUT2D eigenvalue weighted by Crippen LogP contribution is -2.25. The number of benzene rings is 3. The van der Waals surface area contributed by atoms with Crippen LogP contribution < -0.4 is 0 Å². The number of Topliss-reactive ketones (excluding diaryl/α,β-unsaturated/α-hetero) is 2. The highest BCUT2D eigenvalue weighted by Crippen LogP contribution is 2.37. The maximum Gasteiger partial charge on any atom is 0.234 e. The van der Waals surface area contributed by atoms with Crippen molar-refractivity contribution in [2.45, 2.75) is 19.3 Å². The van der Waals surface area contributed by atoms with E-state index in [-0.39, 0.29) is 29.2 Å². The van der Waals surface area contributed by atoms with Crippen LogP contribution in [-0.2, 0) is 4.79 Å². The van der Waals surface area contributed by atoms with E-state index in [0.29, 0.717) is 5.56 Å². The minimum atomic E-state index is -0.621. The Kier molecular flexibility index (Phi) is 4.66. The van der Waals surface area contributed by atoms with E-state index in [9.17, 15) is 14.7 Å². The summed E-state index contributed by atoms with van der Waals surface area (Å²) in [5.41, 5.74) is 4.09. The lowest BCUT2D eigenvalue weighted by molar-refractivity contribution is -0.112. The molecule has 138 valence electrons. The van der Waals surface area contributed by atoms with Crippen LogP contribution in [0.25, 0.3) is 5.76 Å². The van der Waals surface area contributed by atoms with Gasteiger partial charge in [-0.3, -0.25) is 9.59 Å². The number of hydrogen-bond donors (Lipinski definition) is 1. The van der Waals surface area contributed by atoms with Crippen molar-refractivity contribution < 1.29 is 14.7 Å². The highest BCUT2D eigenvalue weighted by molar-refractivity contribution is 6.52. The van der Waals surface area contributed by atoms with Gasteiger partial charge in [-0.1, -0.05) is 84.4 Å². The lowest BCUT2D eigenvalue weighted by atomic mass is 9.80. The summed E-state index contributed by atoms with van der Waals surface area (Å²) >= 11 is 0. The summed E-state index contributed by atoms with van der Waals surface area (Å²) in [5, 5.41) is 10.8. The highest BCUT2D eigenvalue weighted by Gasteiger charge is 2.34. The predicted molar refractivity (Wildman–Crippen MR) is 109 cm³/mol. The molecule has 3 heteroatoms. The van der Waals surface area contributed by atoms with Crippen LogP contribution in [0.4, 0.5) is 0 Å². The molecule has 0 aromatic heterocycles. The van der Waals surface area contributed by atoms with Crippen LogP contribution >= 0.6 is 0 Å². The molecule has 0 radical (unpaired) electrons. The summed E-state index contributed by atoms with van der Waals surface area (Å²) in [5.74, 6) is -1.41. The van der Waals surface area contributed by atoms with Crippen LogP contribution in [0.5, 0.6) is 0 Å². The molecule has 0 amide bonds. The molecule has 0 aliphatic heterocycles. The standard InChI is InChI=1S/C25H20O3/c1-16-11-13-18(14-12-16)21(17-7-3-2-4-8-17)15-22-23(26)19-9-5-6-10-20(19)24(27)25(22)28/h2-14,21,26H,15H2,1H3. The van der Waals surface area contributed by atoms with Gasteiger partial charge in [-0.15, -0.1) is 0 Å². The van der Waals surface area contributed by atoms with Gasteiger partial charge >= 0.3 is 0 Å². The molecule has 0 saturated carbocycles. The van der Waals surface area contributed by atoms with Gasteiger partial charge in [0.15, 0.2) is 0 Å². The SMILES string of the molecule is Cc1ccc(C(CC2=C(O)c3ccccc3C(=O)C2=O)c2ccccc2)cc1. The lowest BCUT2D eigenvalue weighted by Gasteiger charge is -2.23. The van der Waals surface area contributed by atoms with Gasteiger partial charge < -0.3 is 5.11 Å². The number of fused-ring (bicyclic) bond motifs is 1. The predicted octanol–water partition coefficient (Wildman–Crippen LogP) is 5.25. The van der Waals surface area contributed by atoms with E-state index in [1.165, 1.54) is 0 Å². The van der Waals surface area contributed by atoms with E-state index in [1.54, 1.807) is 24.3 Å². The van der Waals surface area contributed by atoms with Gasteiger partial charge in [0.2, 0.25) is 11.6 Å². The third-order valence-corrected chi connectivity index (χ3v) is 5.28. The minimum Gasteiger partial charge on any atom is -0.507 e. The van der Waals surface area contributed by atoms with Gasteiger partial charge in [0.1, 0.15) is 5.76 Å². The number of carbonyl (C=O) groups excluding carboxylic acids is 2. The molecule has 1 aliphatic rings. The first kappa shape index (κ1) is 17.9. The molecule has 0 heterocycles. The van der Waals surface area contributed by atoms with Gasteiger partial charge in [-0.05, 0) is 24.5 Å². The number of carbonyl (C=O) groups is 2. The fraction of sp³-hybridized carbons (Fsp3) is 0.120. The first-order valence-electron chi connectivity index (χ1n) is 9.28. The summed E-state index contributed by atoms with van der Waals surface area (Å²) in [6.07, 6.45) is 0.262. The average molecular weight is 368 g/mol. The van der Waals surface area contributed by atoms with Gasteiger partial charge in [-0.2, -0.15) is 0 Å². The number of hydrogen-bond acceptors (Lipinski definition) is 3. The van der Waals surface area contributed by atoms with E-state index < -0.39 is 11.6 Å².